The number of benzene rings is 1. The van der Waals surface area contributed by atoms with Crippen LogP contribution in [-0.4, -0.2) is 10.9 Å². The molecule has 0 aliphatic rings. The van der Waals surface area contributed by atoms with Crippen LogP contribution in [-0.2, 0) is 6.18 Å². The van der Waals surface area contributed by atoms with E-state index in [0.29, 0.717) is 6.07 Å². The van der Waals surface area contributed by atoms with E-state index in [1.54, 1.807) is 0 Å². The Morgan fingerprint density at radius 3 is 2.52 bits per heavy atom. The number of nitrogens with one attached hydrogen (secondary N) is 1. The Labute approximate surface area is 125 Å². The molecule has 21 heavy (non-hydrogen) atoms. The molecule has 1 aromatic heterocycles. The highest BCUT2D eigenvalue weighted by Gasteiger charge is 2.35. The van der Waals surface area contributed by atoms with Crippen LogP contribution in [0.3, 0.4) is 0 Å². The maximum Gasteiger partial charge on any atom is 0.419 e. The number of pyridine rings is 1. The van der Waals surface area contributed by atoms with Crippen LogP contribution in [0.15, 0.2) is 41.1 Å². The van der Waals surface area contributed by atoms with E-state index in [2.05, 4.69) is 26.2 Å². The van der Waals surface area contributed by atoms with Crippen molar-refractivity contribution in [3.63, 3.8) is 0 Å². The van der Waals surface area contributed by atoms with Crippen molar-refractivity contribution in [2.75, 3.05) is 5.32 Å². The van der Waals surface area contributed by atoms with Gasteiger partial charge < -0.3 is 5.32 Å². The predicted molar refractivity (Wildman–Crippen MR) is 71.3 cm³/mol. The molecule has 1 amide bonds. The van der Waals surface area contributed by atoms with Crippen molar-refractivity contribution in [1.29, 1.82) is 0 Å². The van der Waals surface area contributed by atoms with E-state index in [1.807, 2.05) is 0 Å². The molecule has 2 aromatic rings. The first-order valence-corrected chi connectivity index (χ1v) is 6.37. The van der Waals surface area contributed by atoms with Crippen molar-refractivity contribution in [2.45, 2.75) is 6.18 Å². The fraction of sp³-hybridized carbons (Fsp3) is 0.0769. The van der Waals surface area contributed by atoms with Crippen molar-refractivity contribution in [3.8, 4) is 0 Å². The Balaban J connectivity index is 2.35. The lowest BCUT2D eigenvalue weighted by Crippen LogP contribution is -2.17. The summed E-state index contributed by atoms with van der Waals surface area (Å²) in [5.74, 6) is -2.60. The van der Waals surface area contributed by atoms with Crippen LogP contribution in [0.25, 0.3) is 0 Å². The molecule has 8 heteroatoms. The molecular formula is C13H7BrF4N2O. The largest absolute Gasteiger partial charge is 0.419 e. The Bertz CT molecular complexity index is 688. The van der Waals surface area contributed by atoms with E-state index in [9.17, 15) is 22.4 Å². The number of carbonyl (C=O) groups is 1. The minimum absolute atomic E-state index is 0.222. The van der Waals surface area contributed by atoms with Gasteiger partial charge in [0.25, 0.3) is 5.91 Å². The SMILES string of the molecule is O=C(Nc1cccnc1Br)c1cccc(C(F)(F)F)c1F. The van der Waals surface area contributed by atoms with Crippen LogP contribution in [0, 0.1) is 5.82 Å². The summed E-state index contributed by atoms with van der Waals surface area (Å²) in [4.78, 5) is 15.7. The van der Waals surface area contributed by atoms with E-state index in [1.165, 1.54) is 18.3 Å². The second kappa shape index (κ2) is 5.80. The van der Waals surface area contributed by atoms with Gasteiger partial charge in [-0.2, -0.15) is 13.2 Å². The molecule has 1 N–H and O–H groups in total. The molecule has 3 nitrogen and oxygen atoms in total. The highest BCUT2D eigenvalue weighted by atomic mass is 79.9. The normalized spacial score (nSPS) is 11.3. The van der Waals surface area contributed by atoms with Crippen LogP contribution >= 0.6 is 15.9 Å². The van der Waals surface area contributed by atoms with E-state index in [-0.39, 0.29) is 10.3 Å². The maximum atomic E-state index is 13.8. The molecule has 0 saturated heterocycles. The maximum absolute atomic E-state index is 13.8. The first-order valence-electron chi connectivity index (χ1n) is 5.58. The molecule has 0 atom stereocenters. The fourth-order valence-corrected chi connectivity index (χ4v) is 1.94. The third-order valence-electron chi connectivity index (χ3n) is 2.56. The number of hydrogen-bond donors (Lipinski definition) is 1. The van der Waals surface area contributed by atoms with Gasteiger partial charge in [-0.25, -0.2) is 9.37 Å². The zero-order chi connectivity index (χ0) is 15.6. The monoisotopic (exact) mass is 362 g/mol. The quantitative estimate of drug-likeness (QED) is 0.640. The Kier molecular flexibility index (Phi) is 4.26. The summed E-state index contributed by atoms with van der Waals surface area (Å²) in [5.41, 5.74) is -1.96. The molecule has 2 rings (SSSR count). The molecule has 0 aliphatic heterocycles. The number of carbonyl (C=O) groups excluding carboxylic acids is 1. The van der Waals surface area contributed by atoms with E-state index >= 15 is 0 Å². The summed E-state index contributed by atoms with van der Waals surface area (Å²) in [5, 5.41) is 2.29. The van der Waals surface area contributed by atoms with Crippen molar-refractivity contribution < 1.29 is 22.4 Å². The second-order valence-corrected chi connectivity index (χ2v) is 4.71. The van der Waals surface area contributed by atoms with Crippen LogP contribution < -0.4 is 5.32 Å². The van der Waals surface area contributed by atoms with Gasteiger partial charge in [0.1, 0.15) is 10.4 Å². The summed E-state index contributed by atoms with van der Waals surface area (Å²) >= 11 is 3.06. The number of alkyl halides is 3. The van der Waals surface area contributed by atoms with Gasteiger partial charge in [-0.1, -0.05) is 6.07 Å². The summed E-state index contributed by atoms with van der Waals surface area (Å²) < 4.78 is 51.9. The molecule has 0 fully saturated rings. The molecule has 0 aliphatic carbocycles. The number of amides is 1. The van der Waals surface area contributed by atoms with Crippen molar-refractivity contribution in [2.24, 2.45) is 0 Å². The van der Waals surface area contributed by atoms with Crippen LogP contribution in [0.2, 0.25) is 0 Å². The van der Waals surface area contributed by atoms with Gasteiger partial charge in [0.2, 0.25) is 0 Å². The zero-order valence-electron chi connectivity index (χ0n) is 10.2. The average molecular weight is 363 g/mol. The number of rotatable bonds is 2. The first-order chi connectivity index (χ1) is 9.80. The number of hydrogen-bond acceptors (Lipinski definition) is 2. The Hall–Kier alpha value is -1.96. The molecule has 0 radical (unpaired) electrons. The third kappa shape index (κ3) is 3.38. The van der Waals surface area contributed by atoms with Crippen molar-refractivity contribution in [3.05, 3.63) is 58.1 Å². The molecule has 0 spiro atoms. The van der Waals surface area contributed by atoms with Gasteiger partial charge in [0.15, 0.2) is 0 Å². The smallest absolute Gasteiger partial charge is 0.320 e. The zero-order valence-corrected chi connectivity index (χ0v) is 11.8. The number of nitrogens with zero attached hydrogens (tertiary/aromatic N) is 1. The standard InChI is InChI=1S/C13H7BrF4N2O/c14-11-9(5-2-6-19-11)20-12(21)7-3-1-4-8(10(7)15)13(16,17)18/h1-6H,(H,20,21). The minimum Gasteiger partial charge on any atom is -0.320 e. The molecule has 0 bridgehead atoms. The molecule has 1 aromatic carbocycles. The molecule has 0 saturated carbocycles. The average Bonchev–Trinajstić information content (AvgIpc) is 2.40. The number of halogens is 5. The summed E-state index contributed by atoms with van der Waals surface area (Å²) in [6, 6.07) is 5.51. The van der Waals surface area contributed by atoms with Crippen molar-refractivity contribution in [1.82, 2.24) is 4.98 Å². The van der Waals surface area contributed by atoms with Gasteiger partial charge in [-0.15, -0.1) is 0 Å². The first kappa shape index (κ1) is 15.4. The fourth-order valence-electron chi connectivity index (χ4n) is 1.60. The lowest BCUT2D eigenvalue weighted by atomic mass is 10.1. The lowest BCUT2D eigenvalue weighted by molar-refractivity contribution is -0.140. The summed E-state index contributed by atoms with van der Waals surface area (Å²) in [6.45, 7) is 0. The molecule has 1 heterocycles. The van der Waals surface area contributed by atoms with E-state index in [4.69, 9.17) is 0 Å². The Morgan fingerprint density at radius 2 is 1.90 bits per heavy atom. The number of anilines is 1. The summed E-state index contributed by atoms with van der Waals surface area (Å²) in [7, 11) is 0. The Morgan fingerprint density at radius 1 is 1.19 bits per heavy atom. The molecular weight excluding hydrogens is 356 g/mol. The van der Waals surface area contributed by atoms with Gasteiger partial charge in [0.05, 0.1) is 16.8 Å². The molecule has 0 unspecified atom stereocenters. The number of aromatic nitrogens is 1. The van der Waals surface area contributed by atoms with Crippen LogP contribution in [0.4, 0.5) is 23.2 Å². The van der Waals surface area contributed by atoms with Gasteiger partial charge >= 0.3 is 6.18 Å². The van der Waals surface area contributed by atoms with Gasteiger partial charge in [-0.05, 0) is 40.2 Å². The third-order valence-corrected chi connectivity index (χ3v) is 3.19. The van der Waals surface area contributed by atoms with Gasteiger partial charge in [-0.3, -0.25) is 4.79 Å². The predicted octanol–water partition coefficient (Wildman–Crippen LogP) is 4.25. The van der Waals surface area contributed by atoms with Crippen LogP contribution in [0.1, 0.15) is 15.9 Å². The summed E-state index contributed by atoms with van der Waals surface area (Å²) in [6.07, 6.45) is -3.42. The van der Waals surface area contributed by atoms with Gasteiger partial charge in [0, 0.05) is 6.20 Å². The lowest BCUT2D eigenvalue weighted by Gasteiger charge is -2.11. The second-order valence-electron chi connectivity index (χ2n) is 3.96. The molecule has 110 valence electrons. The van der Waals surface area contributed by atoms with E-state index in [0.717, 1.165) is 12.1 Å². The van der Waals surface area contributed by atoms with E-state index < -0.39 is 29.0 Å². The van der Waals surface area contributed by atoms with Crippen LogP contribution in [0.5, 0.6) is 0 Å². The van der Waals surface area contributed by atoms with Crippen molar-refractivity contribution >= 4 is 27.5 Å². The highest BCUT2D eigenvalue weighted by Crippen LogP contribution is 2.32. The highest BCUT2D eigenvalue weighted by molar-refractivity contribution is 9.10. The topological polar surface area (TPSA) is 42.0 Å². The minimum atomic E-state index is -4.87.